The molecule has 0 amide bonds. The first-order valence-corrected chi connectivity index (χ1v) is 8.22. The van der Waals surface area contributed by atoms with Gasteiger partial charge in [0.2, 0.25) is 0 Å². The van der Waals surface area contributed by atoms with Crippen LogP contribution in [0.1, 0.15) is 87.6 Å². The summed E-state index contributed by atoms with van der Waals surface area (Å²) in [5.74, 6) is 2.01. The average molecular weight is 297 g/mol. The van der Waals surface area contributed by atoms with E-state index in [1.165, 1.54) is 31.2 Å². The maximum Gasteiger partial charge on any atom is -0.0391 e. The van der Waals surface area contributed by atoms with E-state index < -0.39 is 0 Å². The summed E-state index contributed by atoms with van der Waals surface area (Å²) in [5.41, 5.74) is 1.32. The fourth-order valence-corrected chi connectivity index (χ4v) is 2.16. The molecule has 1 saturated carbocycles. The summed E-state index contributed by atoms with van der Waals surface area (Å²) >= 11 is 0. The first kappa shape index (κ1) is 28.4. The minimum atomic E-state index is 0. The van der Waals surface area contributed by atoms with Crippen molar-refractivity contribution in [2.24, 2.45) is 11.8 Å². The van der Waals surface area contributed by atoms with Gasteiger partial charge < -0.3 is 0 Å². The van der Waals surface area contributed by atoms with Gasteiger partial charge in [0.25, 0.3) is 0 Å². The van der Waals surface area contributed by atoms with Gasteiger partial charge in [0.05, 0.1) is 0 Å². The molecule has 0 spiro atoms. The Kier molecular flexibility index (Phi) is 29.1. The Bertz CT molecular complexity index is 242. The second-order valence-electron chi connectivity index (χ2n) is 4.94. The smallest absolute Gasteiger partial charge is 0.0391 e. The Morgan fingerprint density at radius 1 is 0.810 bits per heavy atom. The van der Waals surface area contributed by atoms with Gasteiger partial charge in [-0.2, -0.15) is 0 Å². The van der Waals surface area contributed by atoms with Crippen molar-refractivity contribution in [1.29, 1.82) is 0 Å². The Balaban J connectivity index is -0.000000104. The van der Waals surface area contributed by atoms with E-state index in [1.807, 2.05) is 45.9 Å². The minimum absolute atomic E-state index is 0. The van der Waals surface area contributed by atoms with E-state index in [9.17, 15) is 0 Å². The van der Waals surface area contributed by atoms with Gasteiger partial charge >= 0.3 is 0 Å². The second kappa shape index (κ2) is 21.5. The Morgan fingerprint density at radius 3 is 1.38 bits per heavy atom. The molecule has 0 radical (unpaired) electrons. The van der Waals surface area contributed by atoms with Crippen molar-refractivity contribution in [3.05, 3.63) is 35.9 Å². The van der Waals surface area contributed by atoms with Crippen LogP contribution in [-0.2, 0) is 0 Å². The molecule has 0 N–H and O–H groups in total. The highest BCUT2D eigenvalue weighted by Gasteiger charge is 2.17. The van der Waals surface area contributed by atoms with E-state index in [-0.39, 0.29) is 14.9 Å². The quantitative estimate of drug-likeness (QED) is 0.490. The average Bonchev–Trinajstić information content (AvgIpc) is 2.99. The predicted octanol–water partition coefficient (Wildman–Crippen LogP) is 8.15. The van der Waals surface area contributed by atoms with E-state index in [2.05, 4.69) is 32.9 Å². The minimum Gasteiger partial charge on any atom is -0.0776 e. The number of hydrogen-bond acceptors (Lipinski definition) is 0. The Hall–Kier alpha value is -0.780. The largest absolute Gasteiger partial charge is 0.0776 e. The molecule has 1 fully saturated rings. The molecule has 0 bridgehead atoms. The molecule has 0 heteroatoms. The summed E-state index contributed by atoms with van der Waals surface area (Å²) in [5, 5.41) is 0. The van der Waals surface area contributed by atoms with Crippen molar-refractivity contribution in [2.45, 2.75) is 89.0 Å². The third-order valence-corrected chi connectivity index (χ3v) is 3.28. The summed E-state index contributed by atoms with van der Waals surface area (Å²) in [6, 6.07) is 10.3. The third-order valence-electron chi connectivity index (χ3n) is 3.28. The van der Waals surface area contributed by atoms with Gasteiger partial charge in [-0.05, 0) is 18.8 Å². The summed E-state index contributed by atoms with van der Waals surface area (Å²) in [7, 11) is 0. The van der Waals surface area contributed by atoms with Crippen LogP contribution in [0.4, 0.5) is 0 Å². The molecule has 0 saturated heterocycles. The zero-order chi connectivity index (χ0) is 15.1. The van der Waals surface area contributed by atoms with E-state index in [0.29, 0.717) is 0 Å². The van der Waals surface area contributed by atoms with E-state index in [0.717, 1.165) is 11.8 Å². The molecule has 21 heavy (non-hydrogen) atoms. The van der Waals surface area contributed by atoms with Crippen LogP contribution in [0.25, 0.3) is 0 Å². The van der Waals surface area contributed by atoms with E-state index in [4.69, 9.17) is 0 Å². The molecule has 1 aromatic carbocycles. The van der Waals surface area contributed by atoms with Gasteiger partial charge in [-0.1, -0.05) is 118 Å². The molecule has 0 aliphatic heterocycles. The van der Waals surface area contributed by atoms with Crippen LogP contribution in [0.2, 0.25) is 0 Å². The summed E-state index contributed by atoms with van der Waals surface area (Å²) in [6.07, 6.45) is 5.97. The zero-order valence-corrected chi connectivity index (χ0v) is 14.4. The SMILES string of the molecule is C.C.CC.CC.CC(C)C1CCCC1.Cc1ccccc1. The molecule has 0 aromatic heterocycles. The van der Waals surface area contributed by atoms with Crippen LogP contribution in [0.15, 0.2) is 30.3 Å². The molecule has 1 aliphatic rings. The number of aryl methyl sites for hydroxylation is 1. The van der Waals surface area contributed by atoms with Crippen LogP contribution in [0.5, 0.6) is 0 Å². The van der Waals surface area contributed by atoms with Gasteiger partial charge in [0.15, 0.2) is 0 Å². The molecule has 0 heterocycles. The van der Waals surface area contributed by atoms with Gasteiger partial charge in [0, 0.05) is 0 Å². The first-order chi connectivity index (χ1) is 9.20. The highest BCUT2D eigenvalue weighted by Crippen LogP contribution is 2.30. The van der Waals surface area contributed by atoms with Gasteiger partial charge in [-0.3, -0.25) is 0 Å². The molecule has 128 valence electrons. The lowest BCUT2D eigenvalue weighted by atomic mass is 9.95. The number of hydrogen-bond donors (Lipinski definition) is 0. The lowest BCUT2D eigenvalue weighted by molar-refractivity contribution is 0.396. The van der Waals surface area contributed by atoms with Crippen LogP contribution in [0, 0.1) is 18.8 Å². The molecule has 0 unspecified atom stereocenters. The zero-order valence-electron chi connectivity index (χ0n) is 14.4. The molecule has 0 nitrogen and oxygen atoms in total. The highest BCUT2D eigenvalue weighted by atomic mass is 14.2. The lowest BCUT2D eigenvalue weighted by Crippen LogP contribution is -2.01. The molecule has 0 atom stereocenters. The Labute approximate surface area is 137 Å². The van der Waals surface area contributed by atoms with Crippen molar-refractivity contribution < 1.29 is 0 Å². The molecule has 1 aromatic rings. The van der Waals surface area contributed by atoms with Crippen molar-refractivity contribution in [2.75, 3.05) is 0 Å². The van der Waals surface area contributed by atoms with Crippen molar-refractivity contribution in [3.8, 4) is 0 Å². The van der Waals surface area contributed by atoms with Crippen LogP contribution in [0.3, 0.4) is 0 Å². The maximum atomic E-state index is 2.34. The topological polar surface area (TPSA) is 0 Å². The van der Waals surface area contributed by atoms with Gasteiger partial charge in [0.1, 0.15) is 0 Å². The van der Waals surface area contributed by atoms with E-state index >= 15 is 0 Å². The van der Waals surface area contributed by atoms with Gasteiger partial charge in [-0.25, -0.2) is 0 Å². The first-order valence-electron chi connectivity index (χ1n) is 8.22. The summed E-state index contributed by atoms with van der Waals surface area (Å²) in [4.78, 5) is 0. The van der Waals surface area contributed by atoms with Crippen LogP contribution >= 0.6 is 0 Å². The Morgan fingerprint density at radius 2 is 1.19 bits per heavy atom. The number of benzene rings is 1. The molecule has 1 aliphatic carbocycles. The predicted molar refractivity (Wildman–Crippen MR) is 104 cm³/mol. The van der Waals surface area contributed by atoms with Crippen LogP contribution in [-0.4, -0.2) is 0 Å². The van der Waals surface area contributed by atoms with Gasteiger partial charge in [-0.15, -0.1) is 0 Å². The summed E-state index contributed by atoms with van der Waals surface area (Å²) < 4.78 is 0. The standard InChI is InChI=1S/C8H16.C7H8.2C2H6.2CH4/c1-7(2)8-5-3-4-6-8;1-7-5-3-2-4-6-7;2*1-2;;/h7-8H,3-6H2,1-2H3;2-6H,1H3;2*1-2H3;2*1H4. The van der Waals surface area contributed by atoms with Crippen molar-refractivity contribution >= 4 is 0 Å². The van der Waals surface area contributed by atoms with Crippen LogP contribution < -0.4 is 0 Å². The monoisotopic (exact) mass is 296 g/mol. The maximum absolute atomic E-state index is 2.34. The number of rotatable bonds is 1. The second-order valence-corrected chi connectivity index (χ2v) is 4.94. The van der Waals surface area contributed by atoms with Crippen molar-refractivity contribution in [1.82, 2.24) is 0 Å². The molecular weight excluding hydrogens is 252 g/mol. The lowest BCUT2D eigenvalue weighted by Gasteiger charge is -2.11. The fraction of sp³-hybridized carbons (Fsp3) is 0.714. The molecular formula is C21H44. The van der Waals surface area contributed by atoms with Crippen molar-refractivity contribution in [3.63, 3.8) is 0 Å². The normalized spacial score (nSPS) is 12.2. The fourth-order valence-electron chi connectivity index (χ4n) is 2.16. The highest BCUT2D eigenvalue weighted by molar-refractivity contribution is 5.11. The van der Waals surface area contributed by atoms with E-state index in [1.54, 1.807) is 0 Å². The third kappa shape index (κ3) is 17.2. The molecule has 2 rings (SSSR count). The summed E-state index contributed by atoms with van der Waals surface area (Å²) in [6.45, 7) is 14.8.